The molecule has 0 saturated heterocycles. The van der Waals surface area contributed by atoms with Crippen LogP contribution in [0.4, 0.5) is 17.6 Å². The maximum absolute atomic E-state index is 10.5. The predicted molar refractivity (Wildman–Crippen MR) is 60.5 cm³/mol. The van der Waals surface area contributed by atoms with E-state index in [1.54, 1.807) is 0 Å². The second kappa shape index (κ2) is 5.28. The number of nitrogens with two attached hydrogens (primary N) is 3. The first-order valence-electron chi connectivity index (χ1n) is 4.63. The first-order valence-corrected chi connectivity index (χ1v) is 6.43. The molecule has 10 heteroatoms. The topological polar surface area (TPSA) is 162 Å². The van der Waals surface area contributed by atoms with Crippen LogP contribution in [0.5, 0.6) is 0 Å². The molecule has 17 heavy (non-hydrogen) atoms. The van der Waals surface area contributed by atoms with Crippen LogP contribution < -0.4 is 21.8 Å². The Morgan fingerprint density at radius 3 is 2.59 bits per heavy atom. The highest BCUT2D eigenvalue weighted by Gasteiger charge is 2.14. The lowest BCUT2D eigenvalue weighted by molar-refractivity contribution is -0.672. The van der Waals surface area contributed by atoms with E-state index in [2.05, 4.69) is 4.98 Å². The Kier molecular flexibility index (Phi) is 4.24. The molecule has 0 aromatic carbocycles. The Hall–Kier alpha value is -1.41. The van der Waals surface area contributed by atoms with Gasteiger partial charge in [0, 0.05) is 0 Å². The van der Waals surface area contributed by atoms with Crippen molar-refractivity contribution in [1.82, 2.24) is 4.98 Å². The number of rotatable bonds is 5. The van der Waals surface area contributed by atoms with Crippen LogP contribution in [0.1, 0.15) is 0 Å². The van der Waals surface area contributed by atoms with Crippen LogP contribution in [0.2, 0.25) is 0 Å². The highest BCUT2D eigenvalue weighted by molar-refractivity contribution is 7.51. The molecular formula is C7H15N5O4P+. The Labute approximate surface area is 97.4 Å². The third kappa shape index (κ3) is 4.53. The number of nitrogen functional groups attached to an aromatic ring is 3. The molecule has 0 saturated carbocycles. The quantitative estimate of drug-likeness (QED) is 0.238. The molecule has 0 atom stereocenters. The number of hydrogen-bond donors (Lipinski definition) is 5. The summed E-state index contributed by atoms with van der Waals surface area (Å²) < 4.78 is 16.7. The summed E-state index contributed by atoms with van der Waals surface area (Å²) in [6.45, 7) is 0.278. The van der Waals surface area contributed by atoms with Gasteiger partial charge in [0.05, 0.1) is 19.2 Å². The van der Waals surface area contributed by atoms with Gasteiger partial charge in [-0.05, 0) is 0 Å². The van der Waals surface area contributed by atoms with Gasteiger partial charge >= 0.3 is 13.5 Å². The summed E-state index contributed by atoms with van der Waals surface area (Å²) in [5.41, 5.74) is 16.6. The third-order valence-electron chi connectivity index (χ3n) is 1.85. The van der Waals surface area contributed by atoms with Crippen LogP contribution in [-0.4, -0.2) is 27.7 Å². The summed E-state index contributed by atoms with van der Waals surface area (Å²) in [6, 6.07) is 1.43. The van der Waals surface area contributed by atoms with Crippen LogP contribution in [0.3, 0.4) is 0 Å². The summed E-state index contributed by atoms with van der Waals surface area (Å²) >= 11 is 0. The molecule has 8 N–H and O–H groups in total. The lowest BCUT2D eigenvalue weighted by Crippen LogP contribution is -2.43. The molecule has 1 aromatic rings. The van der Waals surface area contributed by atoms with Crippen LogP contribution in [0.15, 0.2) is 6.07 Å². The van der Waals surface area contributed by atoms with Crippen molar-refractivity contribution in [3.05, 3.63) is 6.07 Å². The SMILES string of the molecule is Nc1cc(N)[n+](CCOCP(=O)(O)O)c(N)n1. The molecule has 1 aromatic heterocycles. The fourth-order valence-electron chi connectivity index (χ4n) is 1.17. The molecule has 0 aliphatic heterocycles. The number of aromatic nitrogens is 2. The zero-order valence-corrected chi connectivity index (χ0v) is 9.88. The molecular weight excluding hydrogens is 249 g/mol. The van der Waals surface area contributed by atoms with Crippen LogP contribution in [-0.2, 0) is 15.8 Å². The van der Waals surface area contributed by atoms with E-state index in [1.807, 2.05) is 0 Å². The molecule has 96 valence electrons. The number of anilines is 3. The summed E-state index contributed by atoms with van der Waals surface area (Å²) in [5.74, 6) is 0.615. The van der Waals surface area contributed by atoms with Gasteiger partial charge in [-0.1, -0.05) is 4.98 Å². The molecule has 9 nitrogen and oxygen atoms in total. The van der Waals surface area contributed by atoms with Gasteiger partial charge in [-0.3, -0.25) is 4.57 Å². The van der Waals surface area contributed by atoms with Gasteiger partial charge in [0.2, 0.25) is 0 Å². The number of nitrogens with zero attached hydrogens (tertiary/aromatic N) is 2. The highest BCUT2D eigenvalue weighted by Crippen LogP contribution is 2.33. The molecule has 0 bridgehead atoms. The average Bonchev–Trinajstić information content (AvgIpc) is 2.13. The van der Waals surface area contributed by atoms with Gasteiger partial charge in [-0.2, -0.15) is 0 Å². The predicted octanol–water partition coefficient (Wildman–Crippen LogP) is -1.73. The van der Waals surface area contributed by atoms with Crippen molar-refractivity contribution in [3.63, 3.8) is 0 Å². The summed E-state index contributed by atoms with van der Waals surface area (Å²) in [6.07, 6.45) is -0.643. The van der Waals surface area contributed by atoms with Crippen molar-refractivity contribution in [1.29, 1.82) is 0 Å². The third-order valence-corrected chi connectivity index (χ3v) is 2.37. The average molecular weight is 264 g/mol. The molecule has 1 rings (SSSR count). The first kappa shape index (κ1) is 13.7. The van der Waals surface area contributed by atoms with Gasteiger partial charge in [0.25, 0.3) is 0 Å². The smallest absolute Gasteiger partial charge is 0.350 e. The minimum Gasteiger partial charge on any atom is -0.373 e. The van der Waals surface area contributed by atoms with Gasteiger partial charge < -0.3 is 31.7 Å². The zero-order chi connectivity index (χ0) is 13.1. The molecule has 0 aliphatic carbocycles. The largest absolute Gasteiger partial charge is 0.373 e. The van der Waals surface area contributed by atoms with E-state index >= 15 is 0 Å². The Morgan fingerprint density at radius 2 is 2.06 bits per heavy atom. The molecule has 0 spiro atoms. The van der Waals surface area contributed by atoms with Crippen molar-refractivity contribution in [2.24, 2.45) is 0 Å². The van der Waals surface area contributed by atoms with Crippen molar-refractivity contribution >= 4 is 25.2 Å². The van der Waals surface area contributed by atoms with Gasteiger partial charge in [-0.15, -0.1) is 0 Å². The Bertz CT molecular complexity index is 425. The molecule has 0 fully saturated rings. The first-order chi connectivity index (χ1) is 7.79. The van der Waals surface area contributed by atoms with E-state index in [0.717, 1.165) is 0 Å². The van der Waals surface area contributed by atoms with Gasteiger partial charge in [0.15, 0.2) is 11.6 Å². The minimum absolute atomic E-state index is 0.0514. The van der Waals surface area contributed by atoms with Crippen LogP contribution >= 0.6 is 7.60 Å². The maximum atomic E-state index is 10.5. The summed E-state index contributed by atoms with van der Waals surface area (Å²) in [4.78, 5) is 20.9. The van der Waals surface area contributed by atoms with E-state index in [-0.39, 0.29) is 24.9 Å². The van der Waals surface area contributed by atoms with Gasteiger partial charge in [-0.25, -0.2) is 4.57 Å². The van der Waals surface area contributed by atoms with Crippen LogP contribution in [0, 0.1) is 0 Å². The fourth-order valence-corrected chi connectivity index (χ4v) is 1.54. The standard InChI is InChI=1S/C7H14N5O4P/c8-5-3-6(9)12(7(10)11-5)1-2-16-4-17(13,14)15/h3H,1-2,4H2,(H7,8,9,10,11,13,14,15)/p+1. The second-order valence-corrected chi connectivity index (χ2v) is 4.91. The van der Waals surface area contributed by atoms with E-state index in [9.17, 15) is 4.57 Å². The molecule has 1 heterocycles. The summed E-state index contributed by atoms with van der Waals surface area (Å²) in [7, 11) is -4.15. The van der Waals surface area contributed by atoms with Crippen molar-refractivity contribution in [2.45, 2.75) is 6.54 Å². The lowest BCUT2D eigenvalue weighted by atomic mass is 10.5. The van der Waals surface area contributed by atoms with Crippen LogP contribution in [0.25, 0.3) is 0 Å². The van der Waals surface area contributed by atoms with E-state index in [1.165, 1.54) is 10.6 Å². The zero-order valence-electron chi connectivity index (χ0n) is 8.98. The van der Waals surface area contributed by atoms with E-state index in [4.69, 9.17) is 31.7 Å². The number of hydrogen-bond acceptors (Lipinski definition) is 6. The van der Waals surface area contributed by atoms with Crippen molar-refractivity contribution < 1.29 is 23.7 Å². The van der Waals surface area contributed by atoms with E-state index < -0.39 is 13.9 Å². The highest BCUT2D eigenvalue weighted by atomic mass is 31.2. The molecule has 0 aliphatic rings. The lowest BCUT2D eigenvalue weighted by Gasteiger charge is -2.08. The van der Waals surface area contributed by atoms with Crippen molar-refractivity contribution in [3.8, 4) is 0 Å². The molecule has 0 amide bonds. The minimum atomic E-state index is -4.15. The summed E-state index contributed by atoms with van der Waals surface area (Å²) in [5, 5.41) is 0. The Balaban J connectivity index is 2.56. The molecule has 0 radical (unpaired) electrons. The van der Waals surface area contributed by atoms with Gasteiger partial charge in [0.1, 0.15) is 6.35 Å². The fraction of sp³-hybridized carbons (Fsp3) is 0.429. The second-order valence-electron chi connectivity index (χ2n) is 3.32. The normalized spacial score (nSPS) is 11.6. The number of ether oxygens (including phenoxy) is 1. The monoisotopic (exact) mass is 264 g/mol. The maximum Gasteiger partial charge on any atom is 0.350 e. The Morgan fingerprint density at radius 1 is 1.41 bits per heavy atom. The van der Waals surface area contributed by atoms with Crippen molar-refractivity contribution in [2.75, 3.05) is 30.2 Å². The molecule has 0 unspecified atom stereocenters. The van der Waals surface area contributed by atoms with E-state index in [0.29, 0.717) is 5.82 Å².